The van der Waals surface area contributed by atoms with E-state index in [9.17, 15) is 0 Å². The molecule has 0 saturated carbocycles. The zero-order valence-corrected chi connectivity index (χ0v) is 13.6. The molecule has 0 radical (unpaired) electrons. The Bertz CT molecular complexity index is 362. The van der Waals surface area contributed by atoms with Crippen molar-refractivity contribution in [1.29, 1.82) is 0 Å². The van der Waals surface area contributed by atoms with Crippen molar-refractivity contribution in [2.45, 2.75) is 31.9 Å². The molecule has 0 amide bonds. The lowest BCUT2D eigenvalue weighted by molar-refractivity contribution is 0.848. The van der Waals surface area contributed by atoms with Gasteiger partial charge in [-0.15, -0.1) is 0 Å². The molecule has 0 spiro atoms. The molecule has 0 aromatic carbocycles. The maximum Gasteiger partial charge on any atom is 0.145 e. The lowest BCUT2D eigenvalue weighted by atomic mass is 10.3. The normalized spacial score (nSPS) is 12.2. The Hall–Kier alpha value is -0.490. The van der Waals surface area contributed by atoms with E-state index in [1.54, 1.807) is 6.33 Å². The van der Waals surface area contributed by atoms with Crippen LogP contribution in [0.4, 0.5) is 11.6 Å². The van der Waals surface area contributed by atoms with E-state index in [0.29, 0.717) is 5.25 Å². The molecule has 6 heteroatoms. The van der Waals surface area contributed by atoms with Crippen LogP contribution in [-0.4, -0.2) is 34.6 Å². The Kier molecular flexibility index (Phi) is 7.42. The molecule has 1 unspecified atom stereocenters. The first-order chi connectivity index (χ1) is 8.69. The number of anilines is 2. The number of rotatable bonds is 8. The third-order valence-corrected chi connectivity index (χ3v) is 4.37. The second-order valence-corrected chi connectivity index (χ2v) is 6.14. The monoisotopic (exact) mass is 332 g/mol. The number of aromatic nitrogens is 2. The summed E-state index contributed by atoms with van der Waals surface area (Å²) in [5.41, 5.74) is 0. The van der Waals surface area contributed by atoms with Crippen molar-refractivity contribution in [1.82, 2.24) is 9.97 Å². The molecule has 1 aromatic rings. The predicted molar refractivity (Wildman–Crippen MR) is 84.6 cm³/mol. The SMILES string of the molecule is CCCNc1ncnc(NCCC(C)SC)c1Br. The fourth-order valence-electron chi connectivity index (χ4n) is 1.37. The van der Waals surface area contributed by atoms with E-state index in [0.717, 1.165) is 42.0 Å². The molecule has 1 rings (SSSR count). The Balaban J connectivity index is 2.54. The summed E-state index contributed by atoms with van der Waals surface area (Å²) in [6, 6.07) is 0. The van der Waals surface area contributed by atoms with Crippen LogP contribution >= 0.6 is 27.7 Å². The Morgan fingerprint density at radius 1 is 1.28 bits per heavy atom. The fourth-order valence-corrected chi connectivity index (χ4v) is 2.21. The Morgan fingerprint density at radius 2 is 1.89 bits per heavy atom. The summed E-state index contributed by atoms with van der Waals surface area (Å²) < 4.78 is 0.912. The van der Waals surface area contributed by atoms with Crippen LogP contribution in [-0.2, 0) is 0 Å². The predicted octanol–water partition coefficient (Wildman–Crippen LogP) is 3.61. The second kappa shape index (κ2) is 8.58. The molecule has 0 aliphatic heterocycles. The van der Waals surface area contributed by atoms with E-state index in [-0.39, 0.29) is 0 Å². The van der Waals surface area contributed by atoms with Crippen molar-refractivity contribution in [2.24, 2.45) is 0 Å². The minimum Gasteiger partial charge on any atom is -0.369 e. The van der Waals surface area contributed by atoms with E-state index < -0.39 is 0 Å². The molecule has 0 bridgehead atoms. The van der Waals surface area contributed by atoms with Crippen molar-refractivity contribution >= 4 is 39.3 Å². The molecule has 0 aliphatic rings. The van der Waals surface area contributed by atoms with Gasteiger partial charge in [0.25, 0.3) is 0 Å². The molecule has 1 heterocycles. The van der Waals surface area contributed by atoms with Crippen molar-refractivity contribution < 1.29 is 0 Å². The zero-order valence-electron chi connectivity index (χ0n) is 11.2. The van der Waals surface area contributed by atoms with Gasteiger partial charge in [0, 0.05) is 18.3 Å². The number of halogens is 1. The molecule has 4 nitrogen and oxygen atoms in total. The lowest BCUT2D eigenvalue weighted by Crippen LogP contribution is -2.11. The summed E-state index contributed by atoms with van der Waals surface area (Å²) in [4.78, 5) is 8.48. The molecule has 0 fully saturated rings. The van der Waals surface area contributed by atoms with Crippen molar-refractivity contribution in [2.75, 3.05) is 30.0 Å². The standard InChI is InChI=1S/C12H21BrN4S/c1-4-6-14-11-10(13)12(17-8-16-11)15-7-5-9(2)18-3/h8-9H,4-7H2,1-3H3,(H2,14,15,16,17). The Labute approximate surface area is 122 Å². The maximum absolute atomic E-state index is 4.25. The topological polar surface area (TPSA) is 49.8 Å². The van der Waals surface area contributed by atoms with Gasteiger partial charge in [-0.1, -0.05) is 13.8 Å². The Morgan fingerprint density at radius 3 is 2.44 bits per heavy atom. The van der Waals surface area contributed by atoms with Gasteiger partial charge in [0.2, 0.25) is 0 Å². The number of thioether (sulfide) groups is 1. The van der Waals surface area contributed by atoms with Gasteiger partial charge in [-0.3, -0.25) is 0 Å². The van der Waals surface area contributed by atoms with Crippen LogP contribution in [0.1, 0.15) is 26.7 Å². The van der Waals surface area contributed by atoms with Gasteiger partial charge in [0.05, 0.1) is 0 Å². The molecule has 0 saturated heterocycles. The van der Waals surface area contributed by atoms with Crippen LogP contribution in [0, 0.1) is 0 Å². The highest BCUT2D eigenvalue weighted by Crippen LogP contribution is 2.26. The van der Waals surface area contributed by atoms with E-state index in [1.165, 1.54) is 0 Å². The zero-order chi connectivity index (χ0) is 13.4. The van der Waals surface area contributed by atoms with Crippen LogP contribution in [0.15, 0.2) is 10.8 Å². The lowest BCUT2D eigenvalue weighted by Gasteiger charge is -2.12. The average molecular weight is 333 g/mol. The van der Waals surface area contributed by atoms with Crippen LogP contribution in [0.3, 0.4) is 0 Å². The van der Waals surface area contributed by atoms with Crippen LogP contribution < -0.4 is 10.6 Å². The number of nitrogens with zero attached hydrogens (tertiary/aromatic N) is 2. The van der Waals surface area contributed by atoms with Gasteiger partial charge in [-0.2, -0.15) is 11.8 Å². The molecular weight excluding hydrogens is 312 g/mol. The average Bonchev–Trinajstić information content (AvgIpc) is 2.39. The van der Waals surface area contributed by atoms with Gasteiger partial charge in [-0.05, 0) is 35.0 Å². The minimum atomic E-state index is 0.663. The highest BCUT2D eigenvalue weighted by Gasteiger charge is 2.08. The van der Waals surface area contributed by atoms with Gasteiger partial charge in [0.1, 0.15) is 22.4 Å². The summed E-state index contributed by atoms with van der Waals surface area (Å²) in [7, 11) is 0. The molecule has 18 heavy (non-hydrogen) atoms. The van der Waals surface area contributed by atoms with E-state index in [4.69, 9.17) is 0 Å². The van der Waals surface area contributed by atoms with Crippen molar-refractivity contribution in [3.63, 3.8) is 0 Å². The minimum absolute atomic E-state index is 0.663. The van der Waals surface area contributed by atoms with Gasteiger partial charge < -0.3 is 10.6 Å². The second-order valence-electron chi connectivity index (χ2n) is 4.07. The number of hydrogen-bond acceptors (Lipinski definition) is 5. The first-order valence-corrected chi connectivity index (χ1v) is 8.28. The van der Waals surface area contributed by atoms with Gasteiger partial charge in [0.15, 0.2) is 0 Å². The third-order valence-electron chi connectivity index (χ3n) is 2.58. The van der Waals surface area contributed by atoms with Crippen LogP contribution in [0.5, 0.6) is 0 Å². The fraction of sp³-hybridized carbons (Fsp3) is 0.667. The number of hydrogen-bond donors (Lipinski definition) is 2. The van der Waals surface area contributed by atoms with Crippen molar-refractivity contribution in [3.05, 3.63) is 10.8 Å². The highest BCUT2D eigenvalue weighted by atomic mass is 79.9. The van der Waals surface area contributed by atoms with E-state index in [2.05, 4.69) is 56.6 Å². The third kappa shape index (κ3) is 5.02. The number of nitrogens with one attached hydrogen (secondary N) is 2. The first-order valence-electron chi connectivity index (χ1n) is 6.20. The van der Waals surface area contributed by atoms with Crippen molar-refractivity contribution in [3.8, 4) is 0 Å². The molecular formula is C12H21BrN4S. The summed E-state index contributed by atoms with van der Waals surface area (Å²) in [6.07, 6.45) is 5.92. The summed E-state index contributed by atoms with van der Waals surface area (Å²) in [5.74, 6) is 1.71. The molecule has 2 N–H and O–H groups in total. The molecule has 102 valence electrons. The van der Waals surface area contributed by atoms with E-state index in [1.807, 2.05) is 11.8 Å². The summed E-state index contributed by atoms with van der Waals surface area (Å²) in [5, 5.41) is 7.28. The molecule has 1 atom stereocenters. The van der Waals surface area contributed by atoms with Crippen LogP contribution in [0.2, 0.25) is 0 Å². The van der Waals surface area contributed by atoms with Crippen LogP contribution in [0.25, 0.3) is 0 Å². The maximum atomic E-state index is 4.25. The van der Waals surface area contributed by atoms with E-state index >= 15 is 0 Å². The quantitative estimate of drug-likeness (QED) is 0.761. The largest absolute Gasteiger partial charge is 0.369 e. The van der Waals surface area contributed by atoms with Gasteiger partial charge >= 0.3 is 0 Å². The smallest absolute Gasteiger partial charge is 0.145 e. The first kappa shape index (κ1) is 15.6. The summed E-state index contributed by atoms with van der Waals surface area (Å²) in [6.45, 7) is 6.20. The molecule has 0 aliphatic carbocycles. The highest BCUT2D eigenvalue weighted by molar-refractivity contribution is 9.10. The molecule has 1 aromatic heterocycles. The summed E-state index contributed by atoms with van der Waals surface area (Å²) >= 11 is 5.42. The van der Waals surface area contributed by atoms with Gasteiger partial charge in [-0.25, -0.2) is 9.97 Å².